The molecule has 2 N–H and O–H groups in total. The monoisotopic (exact) mass is 490 g/mol. The van der Waals surface area contributed by atoms with E-state index in [2.05, 4.69) is 10.6 Å². The van der Waals surface area contributed by atoms with Crippen LogP contribution in [0.15, 0.2) is 71.9 Å². The summed E-state index contributed by atoms with van der Waals surface area (Å²) in [6.45, 7) is 0. The van der Waals surface area contributed by atoms with E-state index in [0.717, 1.165) is 33.8 Å². The fraction of sp³-hybridized carbons (Fsp3) is 0.250. The molecule has 0 fully saturated rings. The molecule has 0 saturated carbocycles. The Hall–Kier alpha value is -3.64. The number of hydrogen-bond donors (Lipinski definition) is 2. The Morgan fingerprint density at radius 1 is 0.800 bits per heavy atom. The summed E-state index contributed by atoms with van der Waals surface area (Å²) in [6.07, 6.45) is 1.08. The third kappa shape index (κ3) is 4.30. The van der Waals surface area contributed by atoms with Crippen LogP contribution in [0.2, 0.25) is 5.02 Å². The molecular formula is C28H27ClN2O4. The van der Waals surface area contributed by atoms with Crippen LogP contribution in [0, 0.1) is 0 Å². The van der Waals surface area contributed by atoms with Crippen LogP contribution in [0.4, 0.5) is 11.4 Å². The number of allylic oxidation sites excluding steroid dienone is 1. The Balaban J connectivity index is 1.58. The number of para-hydroxylation sites is 2. The number of carbonyl (C=O) groups is 1. The van der Waals surface area contributed by atoms with Crippen LogP contribution < -0.4 is 24.8 Å². The lowest BCUT2D eigenvalue weighted by Crippen LogP contribution is -2.27. The van der Waals surface area contributed by atoms with Gasteiger partial charge in [0.25, 0.3) is 0 Å². The number of halogens is 1. The first-order chi connectivity index (χ1) is 17.0. The highest BCUT2D eigenvalue weighted by Crippen LogP contribution is 2.45. The number of carbonyl (C=O) groups excluding carboxylic acids is 1. The smallest absolute Gasteiger partial charge is 0.163 e. The van der Waals surface area contributed by atoms with Gasteiger partial charge in [-0.3, -0.25) is 4.79 Å². The van der Waals surface area contributed by atoms with Crippen LogP contribution in [0.1, 0.15) is 35.9 Å². The quantitative estimate of drug-likeness (QED) is 0.434. The molecule has 0 saturated heterocycles. The summed E-state index contributed by atoms with van der Waals surface area (Å²) in [7, 11) is 4.82. The second-order valence-corrected chi connectivity index (χ2v) is 9.08. The summed E-state index contributed by atoms with van der Waals surface area (Å²) < 4.78 is 16.2. The number of benzene rings is 3. The van der Waals surface area contributed by atoms with Crippen molar-refractivity contribution in [3.63, 3.8) is 0 Å². The Labute approximate surface area is 209 Å². The van der Waals surface area contributed by atoms with Crippen molar-refractivity contribution in [1.29, 1.82) is 0 Å². The van der Waals surface area contributed by atoms with Gasteiger partial charge in [0.2, 0.25) is 0 Å². The number of ether oxygens (including phenoxy) is 3. The Morgan fingerprint density at radius 3 is 2.20 bits per heavy atom. The summed E-state index contributed by atoms with van der Waals surface area (Å²) >= 11 is 6.47. The predicted molar refractivity (Wildman–Crippen MR) is 138 cm³/mol. The average Bonchev–Trinajstić information content (AvgIpc) is 3.05. The zero-order valence-electron chi connectivity index (χ0n) is 19.9. The number of methoxy groups -OCH3 is 3. The van der Waals surface area contributed by atoms with E-state index in [4.69, 9.17) is 25.8 Å². The van der Waals surface area contributed by atoms with Crippen molar-refractivity contribution < 1.29 is 19.0 Å². The number of fused-ring (bicyclic) bond motifs is 1. The molecule has 2 aliphatic rings. The first-order valence-corrected chi connectivity index (χ1v) is 11.8. The molecule has 0 amide bonds. The van der Waals surface area contributed by atoms with E-state index in [9.17, 15) is 4.79 Å². The first-order valence-electron chi connectivity index (χ1n) is 11.5. The van der Waals surface area contributed by atoms with Gasteiger partial charge in [-0.25, -0.2) is 0 Å². The SMILES string of the molecule is COc1ccc(C2Nc3ccccc3NC3=C2C(=O)CC(c2ccc(OC)c(OC)c2)C3)cc1Cl. The van der Waals surface area contributed by atoms with Gasteiger partial charge in [-0.1, -0.05) is 35.9 Å². The molecule has 180 valence electrons. The number of ketones is 1. The number of nitrogens with one attached hydrogen (secondary N) is 2. The lowest BCUT2D eigenvalue weighted by Gasteiger charge is -2.30. The zero-order valence-corrected chi connectivity index (χ0v) is 20.6. The maximum absolute atomic E-state index is 13.7. The third-order valence-corrected chi connectivity index (χ3v) is 6.99. The number of rotatable bonds is 5. The van der Waals surface area contributed by atoms with E-state index in [1.54, 1.807) is 21.3 Å². The molecule has 3 aromatic rings. The maximum atomic E-state index is 13.7. The molecule has 0 aromatic heterocycles. The molecule has 2 atom stereocenters. The fourth-order valence-corrected chi connectivity index (χ4v) is 5.21. The van der Waals surface area contributed by atoms with E-state index < -0.39 is 0 Å². The van der Waals surface area contributed by atoms with Crippen LogP contribution >= 0.6 is 11.6 Å². The van der Waals surface area contributed by atoms with Gasteiger partial charge in [0, 0.05) is 17.7 Å². The van der Waals surface area contributed by atoms with Crippen molar-refractivity contribution in [1.82, 2.24) is 0 Å². The molecule has 3 aromatic carbocycles. The summed E-state index contributed by atoms with van der Waals surface area (Å²) in [4.78, 5) is 13.7. The molecule has 7 heteroatoms. The molecule has 2 unspecified atom stereocenters. The number of anilines is 2. The van der Waals surface area contributed by atoms with Gasteiger partial charge < -0.3 is 24.8 Å². The highest BCUT2D eigenvalue weighted by molar-refractivity contribution is 6.32. The van der Waals surface area contributed by atoms with E-state index in [1.807, 2.05) is 60.7 Å². The van der Waals surface area contributed by atoms with Gasteiger partial charge >= 0.3 is 0 Å². The molecule has 0 radical (unpaired) electrons. The van der Waals surface area contributed by atoms with E-state index in [-0.39, 0.29) is 17.7 Å². The van der Waals surface area contributed by atoms with Gasteiger partial charge in [-0.05, 0) is 59.9 Å². The lowest BCUT2D eigenvalue weighted by atomic mass is 9.78. The third-order valence-electron chi connectivity index (χ3n) is 6.70. The average molecular weight is 491 g/mol. The van der Waals surface area contributed by atoms with Gasteiger partial charge in [-0.15, -0.1) is 0 Å². The predicted octanol–water partition coefficient (Wildman–Crippen LogP) is 6.35. The standard InChI is InChI=1S/C28H27ClN2O4/c1-33-24-10-9-17(12-19(24)29)28-27-22(30-20-6-4-5-7-21(20)31-28)13-18(14-23(27)32)16-8-11-25(34-2)26(15-16)35-3/h4-12,15,18,28,30-31H,13-14H2,1-3H3. The summed E-state index contributed by atoms with van der Waals surface area (Å²) in [5.74, 6) is 2.03. The second kappa shape index (κ2) is 9.55. The Bertz CT molecular complexity index is 1320. The first kappa shape index (κ1) is 23.1. The van der Waals surface area contributed by atoms with Crippen molar-refractivity contribution in [2.24, 2.45) is 0 Å². The van der Waals surface area contributed by atoms with Crippen LogP contribution in [-0.4, -0.2) is 27.1 Å². The van der Waals surface area contributed by atoms with Crippen LogP contribution in [0.5, 0.6) is 17.2 Å². The van der Waals surface area contributed by atoms with Gasteiger partial charge in [0.15, 0.2) is 17.3 Å². The number of hydrogen-bond acceptors (Lipinski definition) is 6. The maximum Gasteiger partial charge on any atom is 0.163 e. The van der Waals surface area contributed by atoms with Gasteiger partial charge in [-0.2, -0.15) is 0 Å². The van der Waals surface area contributed by atoms with Gasteiger partial charge in [0.05, 0.1) is 43.8 Å². The minimum absolute atomic E-state index is 0.0129. The second-order valence-electron chi connectivity index (χ2n) is 8.68. The minimum atomic E-state index is -0.344. The van der Waals surface area contributed by atoms with Gasteiger partial charge in [0.1, 0.15) is 5.75 Å². The summed E-state index contributed by atoms with van der Waals surface area (Å²) in [6, 6.07) is 19.2. The van der Waals surface area contributed by atoms with Crippen molar-refractivity contribution in [3.05, 3.63) is 88.1 Å². The lowest BCUT2D eigenvalue weighted by molar-refractivity contribution is -0.116. The van der Waals surface area contributed by atoms with E-state index >= 15 is 0 Å². The Morgan fingerprint density at radius 2 is 1.49 bits per heavy atom. The molecule has 6 nitrogen and oxygen atoms in total. The van der Waals surface area contributed by atoms with Crippen LogP contribution in [0.3, 0.4) is 0 Å². The molecular weight excluding hydrogens is 464 g/mol. The van der Waals surface area contributed by atoms with Crippen molar-refractivity contribution in [2.75, 3.05) is 32.0 Å². The fourth-order valence-electron chi connectivity index (χ4n) is 4.95. The van der Waals surface area contributed by atoms with Crippen LogP contribution in [0.25, 0.3) is 0 Å². The highest BCUT2D eigenvalue weighted by atomic mass is 35.5. The van der Waals surface area contributed by atoms with E-state index in [1.165, 1.54) is 0 Å². The minimum Gasteiger partial charge on any atom is -0.495 e. The largest absolute Gasteiger partial charge is 0.495 e. The number of Topliss-reactive ketones (excluding diaryl/α,β-unsaturated/α-hetero) is 1. The molecule has 0 bridgehead atoms. The van der Waals surface area contributed by atoms with Crippen molar-refractivity contribution in [2.45, 2.75) is 24.8 Å². The topological polar surface area (TPSA) is 68.8 Å². The zero-order chi connectivity index (χ0) is 24.5. The van der Waals surface area contributed by atoms with Crippen LogP contribution in [-0.2, 0) is 4.79 Å². The van der Waals surface area contributed by atoms with Crippen molar-refractivity contribution >= 4 is 28.8 Å². The molecule has 1 aliphatic heterocycles. The molecule has 1 heterocycles. The summed E-state index contributed by atoms with van der Waals surface area (Å²) in [5.41, 5.74) is 5.45. The van der Waals surface area contributed by atoms with Crippen molar-refractivity contribution in [3.8, 4) is 17.2 Å². The van der Waals surface area contributed by atoms with E-state index in [0.29, 0.717) is 35.1 Å². The highest BCUT2D eigenvalue weighted by Gasteiger charge is 2.36. The molecule has 1 aliphatic carbocycles. The molecule has 5 rings (SSSR count). The Kier molecular flexibility index (Phi) is 6.31. The summed E-state index contributed by atoms with van der Waals surface area (Å²) in [5, 5.41) is 7.65. The normalized spacial score (nSPS) is 19.0. The molecule has 0 spiro atoms. The molecule has 35 heavy (non-hydrogen) atoms.